The van der Waals surface area contributed by atoms with Crippen LogP contribution in [0.2, 0.25) is 0 Å². The molecule has 56 valence electrons. The van der Waals surface area contributed by atoms with Crippen molar-refractivity contribution >= 4 is 22.6 Å². The van der Waals surface area contributed by atoms with E-state index in [1.807, 2.05) is 0 Å². The summed E-state index contributed by atoms with van der Waals surface area (Å²) in [6.07, 6.45) is 1.67. The predicted octanol–water partition coefficient (Wildman–Crippen LogP) is 2.58. The number of hydrogen-bond donors (Lipinski definition) is 0. The fourth-order valence-electron chi connectivity index (χ4n) is 0.599. The zero-order valence-corrected chi connectivity index (χ0v) is 8.47. The first-order valence-corrected chi connectivity index (χ1v) is 4.19. The minimum atomic E-state index is 0.0312. The Balaban J connectivity index is 2.96. The number of rotatable bonds is 0. The van der Waals surface area contributed by atoms with Crippen LogP contribution < -0.4 is 0 Å². The summed E-state index contributed by atoms with van der Waals surface area (Å²) < 4.78 is 6.13. The van der Waals surface area contributed by atoms with Gasteiger partial charge in [0.25, 0.3) is 0 Å². The van der Waals surface area contributed by atoms with Crippen molar-refractivity contribution in [3.63, 3.8) is 0 Å². The normalized spacial score (nSPS) is 12.0. The second-order valence-corrected chi connectivity index (χ2v) is 4.33. The maximum Gasteiger partial charge on any atom is 0.200 e. The summed E-state index contributed by atoms with van der Waals surface area (Å²) in [4.78, 5) is 4.20. The fourth-order valence-corrected chi connectivity index (χ4v) is 0.945. The Bertz CT molecular complexity index is 224. The third-order valence-corrected chi connectivity index (χ3v) is 1.61. The minimum Gasteiger partial charge on any atom is -0.447 e. The Morgan fingerprint density at radius 1 is 1.50 bits per heavy atom. The molecule has 1 aromatic heterocycles. The first-order chi connectivity index (χ1) is 4.50. The molecule has 1 aromatic rings. The standard InChI is InChI=1S/C7H10INO/c1-7(2,3)6-9-5(8)4-10-6/h4H,1-3H3. The average molecular weight is 251 g/mol. The van der Waals surface area contributed by atoms with Gasteiger partial charge < -0.3 is 4.42 Å². The van der Waals surface area contributed by atoms with Crippen LogP contribution in [-0.2, 0) is 5.41 Å². The predicted molar refractivity (Wildman–Crippen MR) is 47.9 cm³/mol. The molecule has 0 bridgehead atoms. The van der Waals surface area contributed by atoms with Gasteiger partial charge in [-0.2, -0.15) is 0 Å². The molecule has 0 amide bonds. The monoisotopic (exact) mass is 251 g/mol. The van der Waals surface area contributed by atoms with E-state index in [1.54, 1.807) is 6.26 Å². The Labute approximate surface area is 74.2 Å². The molecule has 0 unspecified atom stereocenters. The highest BCUT2D eigenvalue weighted by Gasteiger charge is 2.19. The molecule has 0 saturated carbocycles. The van der Waals surface area contributed by atoms with Crippen LogP contribution in [0.25, 0.3) is 0 Å². The molecule has 1 rings (SSSR count). The van der Waals surface area contributed by atoms with E-state index in [-0.39, 0.29) is 5.41 Å². The van der Waals surface area contributed by atoms with Crippen molar-refractivity contribution in [1.29, 1.82) is 0 Å². The van der Waals surface area contributed by atoms with Gasteiger partial charge in [-0.1, -0.05) is 20.8 Å². The molecule has 0 aliphatic carbocycles. The van der Waals surface area contributed by atoms with E-state index in [0.717, 1.165) is 9.59 Å². The van der Waals surface area contributed by atoms with Crippen molar-refractivity contribution in [2.75, 3.05) is 0 Å². The first-order valence-electron chi connectivity index (χ1n) is 3.11. The lowest BCUT2D eigenvalue weighted by molar-refractivity contribution is 0.392. The van der Waals surface area contributed by atoms with Crippen molar-refractivity contribution in [3.05, 3.63) is 15.9 Å². The molecule has 0 saturated heterocycles. The van der Waals surface area contributed by atoms with Crippen LogP contribution in [0.1, 0.15) is 26.7 Å². The van der Waals surface area contributed by atoms with Gasteiger partial charge in [-0.05, 0) is 22.6 Å². The van der Waals surface area contributed by atoms with E-state index in [0.29, 0.717) is 0 Å². The maximum absolute atomic E-state index is 5.21. The molecule has 3 heteroatoms. The third-order valence-electron chi connectivity index (χ3n) is 1.12. The van der Waals surface area contributed by atoms with Crippen LogP contribution >= 0.6 is 22.6 Å². The maximum atomic E-state index is 5.21. The number of halogens is 1. The highest BCUT2D eigenvalue weighted by atomic mass is 127. The van der Waals surface area contributed by atoms with E-state index in [4.69, 9.17) is 4.42 Å². The van der Waals surface area contributed by atoms with Gasteiger partial charge in [-0.25, -0.2) is 4.98 Å². The van der Waals surface area contributed by atoms with E-state index < -0.39 is 0 Å². The van der Waals surface area contributed by atoms with Crippen LogP contribution in [0.15, 0.2) is 10.7 Å². The second-order valence-electron chi connectivity index (χ2n) is 3.23. The quantitative estimate of drug-likeness (QED) is 0.662. The Kier molecular flexibility index (Phi) is 2.03. The van der Waals surface area contributed by atoms with Gasteiger partial charge in [-0.3, -0.25) is 0 Å². The summed E-state index contributed by atoms with van der Waals surface area (Å²) in [5, 5.41) is 0. The van der Waals surface area contributed by atoms with Crippen molar-refractivity contribution in [3.8, 4) is 0 Å². The van der Waals surface area contributed by atoms with Crippen LogP contribution in [0.3, 0.4) is 0 Å². The third kappa shape index (κ3) is 1.71. The minimum absolute atomic E-state index is 0.0312. The van der Waals surface area contributed by atoms with Crippen LogP contribution in [0, 0.1) is 3.70 Å². The molecule has 0 N–H and O–H groups in total. The van der Waals surface area contributed by atoms with Gasteiger partial charge in [0.1, 0.15) is 9.96 Å². The summed E-state index contributed by atoms with van der Waals surface area (Å²) in [6, 6.07) is 0. The molecule has 1 heterocycles. The van der Waals surface area contributed by atoms with Crippen molar-refractivity contribution in [1.82, 2.24) is 4.98 Å². The van der Waals surface area contributed by atoms with Crippen LogP contribution in [0.5, 0.6) is 0 Å². The molecule has 0 fully saturated rings. The molecular formula is C7H10INO. The SMILES string of the molecule is CC(C)(C)c1nc(I)co1. The van der Waals surface area contributed by atoms with Gasteiger partial charge in [0.05, 0.1) is 0 Å². The average Bonchev–Trinajstić information content (AvgIpc) is 2.11. The van der Waals surface area contributed by atoms with E-state index >= 15 is 0 Å². The highest BCUT2D eigenvalue weighted by molar-refractivity contribution is 14.1. The number of nitrogens with zero attached hydrogens (tertiary/aromatic N) is 1. The van der Waals surface area contributed by atoms with Crippen molar-refractivity contribution in [2.45, 2.75) is 26.2 Å². The molecule has 0 aliphatic rings. The van der Waals surface area contributed by atoms with Gasteiger partial charge in [0.2, 0.25) is 0 Å². The van der Waals surface area contributed by atoms with E-state index in [2.05, 4.69) is 48.3 Å². The lowest BCUT2D eigenvalue weighted by Gasteiger charge is -2.11. The number of hydrogen-bond acceptors (Lipinski definition) is 2. The lowest BCUT2D eigenvalue weighted by Crippen LogP contribution is -2.11. The fraction of sp³-hybridized carbons (Fsp3) is 0.571. The molecular weight excluding hydrogens is 241 g/mol. The molecule has 0 spiro atoms. The number of oxazole rings is 1. The van der Waals surface area contributed by atoms with Gasteiger partial charge in [-0.15, -0.1) is 0 Å². The molecule has 0 atom stereocenters. The summed E-state index contributed by atoms with van der Waals surface area (Å²) in [6.45, 7) is 6.23. The van der Waals surface area contributed by atoms with Crippen LogP contribution in [-0.4, -0.2) is 4.98 Å². The van der Waals surface area contributed by atoms with Gasteiger partial charge in [0.15, 0.2) is 5.89 Å². The Morgan fingerprint density at radius 2 is 2.10 bits per heavy atom. The molecule has 10 heavy (non-hydrogen) atoms. The summed E-state index contributed by atoms with van der Waals surface area (Å²) in [5.74, 6) is 0.803. The summed E-state index contributed by atoms with van der Waals surface area (Å²) in [5.41, 5.74) is 0.0312. The smallest absolute Gasteiger partial charge is 0.200 e. The topological polar surface area (TPSA) is 26.0 Å². The Morgan fingerprint density at radius 3 is 2.30 bits per heavy atom. The zero-order chi connectivity index (χ0) is 7.78. The van der Waals surface area contributed by atoms with Gasteiger partial charge >= 0.3 is 0 Å². The van der Waals surface area contributed by atoms with E-state index in [9.17, 15) is 0 Å². The largest absolute Gasteiger partial charge is 0.447 e. The van der Waals surface area contributed by atoms with Crippen molar-refractivity contribution in [2.24, 2.45) is 0 Å². The molecule has 2 nitrogen and oxygen atoms in total. The highest BCUT2D eigenvalue weighted by Crippen LogP contribution is 2.21. The molecule has 0 radical (unpaired) electrons. The van der Waals surface area contributed by atoms with Crippen molar-refractivity contribution < 1.29 is 4.42 Å². The summed E-state index contributed by atoms with van der Waals surface area (Å²) in [7, 11) is 0. The molecule has 0 aromatic carbocycles. The first kappa shape index (κ1) is 8.04. The zero-order valence-electron chi connectivity index (χ0n) is 6.31. The number of aromatic nitrogens is 1. The van der Waals surface area contributed by atoms with E-state index in [1.165, 1.54) is 0 Å². The molecule has 0 aliphatic heterocycles. The van der Waals surface area contributed by atoms with Crippen LogP contribution in [0.4, 0.5) is 0 Å². The Hall–Kier alpha value is -0.0600. The summed E-state index contributed by atoms with van der Waals surface area (Å²) >= 11 is 2.14. The second kappa shape index (κ2) is 2.53. The van der Waals surface area contributed by atoms with Gasteiger partial charge in [0, 0.05) is 5.41 Å². The lowest BCUT2D eigenvalue weighted by atomic mass is 9.97.